The highest BCUT2D eigenvalue weighted by atomic mass is 35.5. The van der Waals surface area contributed by atoms with Crippen LogP contribution in [0, 0.1) is 5.82 Å². The molecule has 1 heterocycles. The third kappa shape index (κ3) is 3.07. The molecule has 22 heavy (non-hydrogen) atoms. The topological polar surface area (TPSA) is 52.8 Å². The Kier molecular flexibility index (Phi) is 4.02. The summed E-state index contributed by atoms with van der Waals surface area (Å²) in [5, 5.41) is 12.9. The molecule has 0 bridgehead atoms. The van der Waals surface area contributed by atoms with Crippen LogP contribution in [0.2, 0.25) is 5.02 Å². The van der Waals surface area contributed by atoms with E-state index in [1.165, 1.54) is 18.0 Å². The first-order chi connectivity index (χ1) is 10.7. The Balaban J connectivity index is 1.79. The monoisotopic (exact) mass is 318 g/mol. The van der Waals surface area contributed by atoms with E-state index >= 15 is 0 Å². The molecule has 1 aromatic heterocycles. The Labute approximate surface area is 131 Å². The molecule has 3 rings (SSSR count). The molecule has 0 N–H and O–H groups in total. The molecule has 0 fully saturated rings. The molecule has 0 spiro atoms. The van der Waals surface area contributed by atoms with Crippen LogP contribution in [0.3, 0.4) is 0 Å². The van der Waals surface area contributed by atoms with Gasteiger partial charge in [0.2, 0.25) is 5.82 Å². The number of hydrogen-bond acceptors (Lipinski definition) is 4. The quantitative estimate of drug-likeness (QED) is 0.741. The lowest BCUT2D eigenvalue weighted by atomic mass is 10.2. The SMILES string of the molecule is COc1ccc(Cn2nnc(-c3ccc(Cl)cc3)n2)cc1F. The number of rotatable bonds is 4. The second-order valence-corrected chi connectivity index (χ2v) is 5.06. The zero-order valence-electron chi connectivity index (χ0n) is 11.7. The van der Waals surface area contributed by atoms with Crippen LogP contribution in [-0.2, 0) is 6.54 Å². The lowest BCUT2D eigenvalue weighted by Crippen LogP contribution is -2.04. The number of ether oxygens (including phenoxy) is 1. The molecular formula is C15H12ClFN4O. The van der Waals surface area contributed by atoms with Gasteiger partial charge in [-0.2, -0.15) is 4.80 Å². The Morgan fingerprint density at radius 3 is 2.64 bits per heavy atom. The van der Waals surface area contributed by atoms with E-state index in [0.717, 1.165) is 11.1 Å². The molecule has 0 amide bonds. The first kappa shape index (κ1) is 14.5. The van der Waals surface area contributed by atoms with Crippen molar-refractivity contribution in [1.82, 2.24) is 20.2 Å². The average molecular weight is 319 g/mol. The minimum absolute atomic E-state index is 0.206. The number of nitrogens with zero attached hydrogens (tertiary/aromatic N) is 4. The number of hydrogen-bond donors (Lipinski definition) is 0. The minimum Gasteiger partial charge on any atom is -0.494 e. The molecule has 0 saturated carbocycles. The van der Waals surface area contributed by atoms with Crippen LogP contribution in [0.4, 0.5) is 4.39 Å². The first-order valence-corrected chi connectivity index (χ1v) is 6.89. The Bertz CT molecular complexity index is 788. The maximum Gasteiger partial charge on any atom is 0.204 e. The van der Waals surface area contributed by atoms with Gasteiger partial charge in [0.05, 0.1) is 13.7 Å². The fourth-order valence-corrected chi connectivity index (χ4v) is 2.12. The van der Waals surface area contributed by atoms with E-state index in [9.17, 15) is 4.39 Å². The van der Waals surface area contributed by atoms with Gasteiger partial charge in [-0.25, -0.2) is 4.39 Å². The van der Waals surface area contributed by atoms with Gasteiger partial charge in [0.1, 0.15) is 0 Å². The fraction of sp³-hybridized carbons (Fsp3) is 0.133. The molecule has 3 aromatic rings. The molecule has 5 nitrogen and oxygen atoms in total. The third-order valence-electron chi connectivity index (χ3n) is 3.10. The highest BCUT2D eigenvalue weighted by Crippen LogP contribution is 2.19. The van der Waals surface area contributed by atoms with Crippen molar-refractivity contribution in [2.75, 3.05) is 7.11 Å². The van der Waals surface area contributed by atoms with Crippen LogP contribution >= 0.6 is 11.6 Å². The van der Waals surface area contributed by atoms with E-state index in [0.29, 0.717) is 17.4 Å². The molecule has 0 radical (unpaired) electrons. The van der Waals surface area contributed by atoms with E-state index in [1.54, 1.807) is 24.3 Å². The van der Waals surface area contributed by atoms with E-state index in [-0.39, 0.29) is 5.75 Å². The van der Waals surface area contributed by atoms with Crippen LogP contribution in [0.25, 0.3) is 11.4 Å². The highest BCUT2D eigenvalue weighted by Gasteiger charge is 2.08. The van der Waals surface area contributed by atoms with E-state index in [4.69, 9.17) is 16.3 Å². The first-order valence-electron chi connectivity index (χ1n) is 6.52. The summed E-state index contributed by atoms with van der Waals surface area (Å²) >= 11 is 5.84. The summed E-state index contributed by atoms with van der Waals surface area (Å²) in [6.45, 7) is 0.321. The van der Waals surface area contributed by atoms with Crippen molar-refractivity contribution in [2.45, 2.75) is 6.54 Å². The summed E-state index contributed by atoms with van der Waals surface area (Å²) in [6.07, 6.45) is 0. The minimum atomic E-state index is -0.418. The molecular weight excluding hydrogens is 307 g/mol. The smallest absolute Gasteiger partial charge is 0.204 e. The Morgan fingerprint density at radius 2 is 1.95 bits per heavy atom. The zero-order chi connectivity index (χ0) is 15.5. The van der Waals surface area contributed by atoms with Gasteiger partial charge in [0.25, 0.3) is 0 Å². The van der Waals surface area contributed by atoms with Gasteiger partial charge in [-0.3, -0.25) is 0 Å². The molecule has 0 aliphatic rings. The Hall–Kier alpha value is -2.47. The number of tetrazole rings is 1. The maximum atomic E-state index is 13.7. The van der Waals surface area contributed by atoms with Gasteiger partial charge in [-0.1, -0.05) is 17.7 Å². The summed E-state index contributed by atoms with van der Waals surface area (Å²) in [5.41, 5.74) is 1.54. The normalized spacial score (nSPS) is 10.7. The van der Waals surface area contributed by atoms with Gasteiger partial charge in [-0.15, -0.1) is 10.2 Å². The number of halogens is 2. The average Bonchev–Trinajstić information content (AvgIpc) is 2.97. The van der Waals surface area contributed by atoms with Crippen LogP contribution in [0.15, 0.2) is 42.5 Å². The van der Waals surface area contributed by atoms with Crippen molar-refractivity contribution in [3.8, 4) is 17.1 Å². The third-order valence-corrected chi connectivity index (χ3v) is 3.35. The van der Waals surface area contributed by atoms with E-state index in [2.05, 4.69) is 15.4 Å². The van der Waals surface area contributed by atoms with Crippen LogP contribution < -0.4 is 4.74 Å². The highest BCUT2D eigenvalue weighted by molar-refractivity contribution is 6.30. The standard InChI is InChI=1S/C15H12ClFN4O/c1-22-14-7-2-10(8-13(14)17)9-21-19-15(18-20-21)11-3-5-12(16)6-4-11/h2-8H,9H2,1H3. The summed E-state index contributed by atoms with van der Waals surface area (Å²) < 4.78 is 18.5. The van der Waals surface area contributed by atoms with Crippen molar-refractivity contribution in [3.05, 3.63) is 58.9 Å². The van der Waals surface area contributed by atoms with Crippen molar-refractivity contribution < 1.29 is 9.13 Å². The summed E-state index contributed by atoms with van der Waals surface area (Å²) in [7, 11) is 1.43. The van der Waals surface area contributed by atoms with Crippen LogP contribution in [0.5, 0.6) is 5.75 Å². The van der Waals surface area contributed by atoms with Crippen molar-refractivity contribution >= 4 is 11.6 Å². The molecule has 112 valence electrons. The van der Waals surface area contributed by atoms with Crippen molar-refractivity contribution in [2.24, 2.45) is 0 Å². The largest absolute Gasteiger partial charge is 0.494 e. The second kappa shape index (κ2) is 6.11. The molecule has 0 aliphatic carbocycles. The van der Waals surface area contributed by atoms with Gasteiger partial charge in [-0.05, 0) is 47.2 Å². The van der Waals surface area contributed by atoms with Gasteiger partial charge < -0.3 is 4.74 Å². The van der Waals surface area contributed by atoms with Gasteiger partial charge >= 0.3 is 0 Å². The predicted octanol–water partition coefficient (Wildman–Crippen LogP) is 3.19. The fourth-order valence-electron chi connectivity index (χ4n) is 2.00. The number of aromatic nitrogens is 4. The molecule has 0 unspecified atom stereocenters. The van der Waals surface area contributed by atoms with Gasteiger partial charge in [0.15, 0.2) is 11.6 Å². The summed E-state index contributed by atoms with van der Waals surface area (Å²) in [6, 6.07) is 11.9. The second-order valence-electron chi connectivity index (χ2n) is 4.62. The van der Waals surface area contributed by atoms with E-state index < -0.39 is 5.82 Å². The van der Waals surface area contributed by atoms with Crippen molar-refractivity contribution in [1.29, 1.82) is 0 Å². The maximum absolute atomic E-state index is 13.7. The summed E-state index contributed by atoms with van der Waals surface area (Å²) in [4.78, 5) is 1.41. The van der Waals surface area contributed by atoms with Crippen LogP contribution in [0.1, 0.15) is 5.56 Å². The molecule has 0 atom stereocenters. The lowest BCUT2D eigenvalue weighted by molar-refractivity contribution is 0.386. The van der Waals surface area contributed by atoms with Crippen molar-refractivity contribution in [3.63, 3.8) is 0 Å². The lowest BCUT2D eigenvalue weighted by Gasteiger charge is -2.04. The number of methoxy groups -OCH3 is 1. The van der Waals surface area contributed by atoms with Gasteiger partial charge in [0, 0.05) is 10.6 Å². The summed E-state index contributed by atoms with van der Waals surface area (Å²) in [5.74, 6) is 0.279. The molecule has 2 aromatic carbocycles. The molecule has 0 aliphatic heterocycles. The molecule has 0 saturated heterocycles. The molecule has 7 heteroatoms. The predicted molar refractivity (Wildman–Crippen MR) is 80.3 cm³/mol. The van der Waals surface area contributed by atoms with E-state index in [1.807, 2.05) is 12.1 Å². The Morgan fingerprint density at radius 1 is 1.18 bits per heavy atom. The zero-order valence-corrected chi connectivity index (χ0v) is 12.5. The number of benzene rings is 2. The van der Waals surface area contributed by atoms with Crippen LogP contribution in [-0.4, -0.2) is 27.3 Å².